The maximum Gasteiger partial charge on any atom is 0.217 e. The highest BCUT2D eigenvalue weighted by molar-refractivity contribution is 6.18. The molecule has 0 amide bonds. The minimum atomic E-state index is 0.0830. The fourth-order valence-electron chi connectivity index (χ4n) is 1.70. The molecule has 0 spiro atoms. The number of hydrogen-bond acceptors (Lipinski definition) is 2. The maximum atomic E-state index is 5.74. The van der Waals surface area contributed by atoms with E-state index in [1.807, 2.05) is 24.3 Å². The molecular formula is C11H15ClNO2+. The molecule has 1 fully saturated rings. The van der Waals surface area contributed by atoms with Crippen molar-refractivity contribution in [3.8, 4) is 5.75 Å². The van der Waals surface area contributed by atoms with E-state index >= 15 is 0 Å². The van der Waals surface area contributed by atoms with Crippen molar-refractivity contribution < 1.29 is 14.8 Å². The Morgan fingerprint density at radius 2 is 2.20 bits per heavy atom. The first-order chi connectivity index (χ1) is 7.33. The van der Waals surface area contributed by atoms with Gasteiger partial charge >= 0.3 is 0 Å². The predicted molar refractivity (Wildman–Crippen MR) is 58.1 cm³/mol. The van der Waals surface area contributed by atoms with Gasteiger partial charge in [-0.3, -0.25) is 0 Å². The largest absolute Gasteiger partial charge is 0.497 e. The summed E-state index contributed by atoms with van der Waals surface area (Å²) < 4.78 is 10.8. The zero-order valence-electron chi connectivity index (χ0n) is 8.65. The van der Waals surface area contributed by atoms with Crippen molar-refractivity contribution in [1.82, 2.24) is 0 Å². The molecule has 0 unspecified atom stereocenters. The lowest BCUT2D eigenvalue weighted by Gasteiger charge is -2.08. The van der Waals surface area contributed by atoms with Gasteiger partial charge in [0.15, 0.2) is 0 Å². The number of benzene rings is 1. The first-order valence-electron chi connectivity index (χ1n) is 5.02. The van der Waals surface area contributed by atoms with E-state index in [-0.39, 0.29) is 12.3 Å². The molecule has 0 radical (unpaired) electrons. The van der Waals surface area contributed by atoms with Gasteiger partial charge in [0.2, 0.25) is 6.23 Å². The summed E-state index contributed by atoms with van der Waals surface area (Å²) >= 11 is 5.74. The Balaban J connectivity index is 2.04. The van der Waals surface area contributed by atoms with Gasteiger partial charge in [-0.1, -0.05) is 0 Å². The summed E-state index contributed by atoms with van der Waals surface area (Å²) in [5.41, 5.74) is 1.16. The van der Waals surface area contributed by atoms with Crippen LogP contribution in [0.25, 0.3) is 0 Å². The van der Waals surface area contributed by atoms with Crippen molar-refractivity contribution in [2.24, 2.45) is 0 Å². The van der Waals surface area contributed by atoms with E-state index in [9.17, 15) is 0 Å². The molecule has 2 atom stereocenters. The molecule has 1 aromatic carbocycles. The zero-order chi connectivity index (χ0) is 10.7. The lowest BCUT2D eigenvalue weighted by molar-refractivity contribution is -0.697. The average molecular weight is 229 g/mol. The first-order valence-corrected chi connectivity index (χ1v) is 5.55. The Bertz CT molecular complexity index is 315. The Kier molecular flexibility index (Phi) is 3.46. The molecule has 0 aliphatic carbocycles. The number of ether oxygens (including phenoxy) is 2. The van der Waals surface area contributed by atoms with Gasteiger partial charge in [-0.15, -0.1) is 11.6 Å². The molecule has 1 aliphatic rings. The van der Waals surface area contributed by atoms with Gasteiger partial charge < -0.3 is 14.8 Å². The van der Waals surface area contributed by atoms with Crippen LogP contribution in [0.15, 0.2) is 24.3 Å². The van der Waals surface area contributed by atoms with Crippen molar-refractivity contribution in [1.29, 1.82) is 0 Å². The highest BCUT2D eigenvalue weighted by atomic mass is 35.5. The van der Waals surface area contributed by atoms with Crippen LogP contribution in [0, 0.1) is 0 Å². The van der Waals surface area contributed by atoms with Crippen LogP contribution in [0.5, 0.6) is 5.75 Å². The molecule has 1 saturated heterocycles. The van der Waals surface area contributed by atoms with Crippen LogP contribution in [0.4, 0.5) is 0 Å². The van der Waals surface area contributed by atoms with E-state index in [4.69, 9.17) is 21.1 Å². The Morgan fingerprint density at radius 1 is 1.47 bits per heavy atom. The molecule has 2 rings (SSSR count). The van der Waals surface area contributed by atoms with Crippen LogP contribution in [0.1, 0.15) is 11.8 Å². The second-order valence-corrected chi connectivity index (χ2v) is 3.89. The lowest BCUT2D eigenvalue weighted by atomic mass is 10.2. The van der Waals surface area contributed by atoms with Crippen molar-refractivity contribution >= 4 is 11.6 Å². The van der Waals surface area contributed by atoms with E-state index in [1.54, 1.807) is 7.11 Å². The van der Waals surface area contributed by atoms with Crippen LogP contribution < -0.4 is 10.1 Å². The van der Waals surface area contributed by atoms with Gasteiger partial charge in [0, 0.05) is 5.56 Å². The summed E-state index contributed by atoms with van der Waals surface area (Å²) in [6, 6.07) is 7.94. The topological polar surface area (TPSA) is 35.1 Å². The molecule has 15 heavy (non-hydrogen) atoms. The third kappa shape index (κ3) is 2.43. The fourth-order valence-corrected chi connectivity index (χ4v) is 1.90. The monoisotopic (exact) mass is 228 g/mol. The van der Waals surface area contributed by atoms with Crippen molar-refractivity contribution in [2.75, 3.05) is 19.5 Å². The van der Waals surface area contributed by atoms with E-state index in [1.165, 1.54) is 0 Å². The van der Waals surface area contributed by atoms with Crippen LogP contribution in [0.3, 0.4) is 0 Å². The fraction of sp³-hybridized carbons (Fsp3) is 0.455. The maximum absolute atomic E-state index is 5.74. The van der Waals surface area contributed by atoms with E-state index < -0.39 is 0 Å². The van der Waals surface area contributed by atoms with Gasteiger partial charge in [0.05, 0.1) is 13.0 Å². The second-order valence-electron chi connectivity index (χ2n) is 3.58. The van der Waals surface area contributed by atoms with E-state index in [2.05, 4.69) is 5.32 Å². The highest BCUT2D eigenvalue weighted by Gasteiger charge is 2.28. The van der Waals surface area contributed by atoms with Crippen LogP contribution >= 0.6 is 11.6 Å². The quantitative estimate of drug-likeness (QED) is 0.781. The molecule has 0 saturated carbocycles. The standard InChI is InChI=1S/C11H14ClNO2/c1-14-9-4-2-8(3-5-9)11-13-7-10(6-12)15-11/h2-5,10-11,13H,6-7H2,1H3/p+1/t10-,11+/m1/s1. The van der Waals surface area contributed by atoms with Crippen molar-refractivity contribution in [3.05, 3.63) is 29.8 Å². The summed E-state index contributed by atoms with van der Waals surface area (Å²) in [4.78, 5) is 0. The number of methoxy groups -OCH3 is 1. The number of nitrogens with two attached hydrogens (primary N) is 1. The molecule has 4 heteroatoms. The SMILES string of the molecule is COc1ccc([C@H]2[NH2+]C[C@@H](CCl)O2)cc1. The van der Waals surface area contributed by atoms with Gasteiger partial charge in [0.1, 0.15) is 18.4 Å². The first kappa shape index (κ1) is 10.7. The minimum absolute atomic E-state index is 0.0830. The summed E-state index contributed by atoms with van der Waals surface area (Å²) in [6.45, 7) is 0.931. The summed E-state index contributed by atoms with van der Waals surface area (Å²) in [7, 11) is 1.66. The lowest BCUT2D eigenvalue weighted by Crippen LogP contribution is -2.82. The second kappa shape index (κ2) is 4.84. The molecule has 3 nitrogen and oxygen atoms in total. The highest BCUT2D eigenvalue weighted by Crippen LogP contribution is 2.19. The third-order valence-electron chi connectivity index (χ3n) is 2.57. The zero-order valence-corrected chi connectivity index (χ0v) is 9.41. The number of halogens is 1. The van der Waals surface area contributed by atoms with Gasteiger partial charge in [-0.25, -0.2) is 0 Å². The van der Waals surface area contributed by atoms with Gasteiger partial charge in [-0.05, 0) is 24.3 Å². The van der Waals surface area contributed by atoms with Crippen LogP contribution in [0.2, 0.25) is 0 Å². The molecule has 1 heterocycles. The van der Waals surface area contributed by atoms with Gasteiger partial charge in [-0.2, -0.15) is 0 Å². The normalized spacial score (nSPS) is 25.5. The van der Waals surface area contributed by atoms with Crippen molar-refractivity contribution in [2.45, 2.75) is 12.3 Å². The summed E-state index contributed by atoms with van der Waals surface area (Å²) in [6.07, 6.45) is 0.249. The van der Waals surface area contributed by atoms with E-state index in [0.29, 0.717) is 5.88 Å². The third-order valence-corrected chi connectivity index (χ3v) is 2.91. The number of quaternary nitrogens is 1. The van der Waals surface area contributed by atoms with Crippen molar-refractivity contribution in [3.63, 3.8) is 0 Å². The Hall–Kier alpha value is -0.770. The number of hydrogen-bond donors (Lipinski definition) is 1. The Labute approximate surface area is 94.3 Å². The van der Waals surface area contributed by atoms with Gasteiger partial charge in [0.25, 0.3) is 0 Å². The molecule has 1 aromatic rings. The average Bonchev–Trinajstić information content (AvgIpc) is 2.78. The number of alkyl halides is 1. The van der Waals surface area contributed by atoms with Crippen LogP contribution in [-0.4, -0.2) is 25.6 Å². The summed E-state index contributed by atoms with van der Waals surface area (Å²) in [5.74, 6) is 1.43. The molecule has 82 valence electrons. The molecule has 0 bridgehead atoms. The molecule has 2 N–H and O–H groups in total. The smallest absolute Gasteiger partial charge is 0.217 e. The molecule has 0 aromatic heterocycles. The van der Waals surface area contributed by atoms with Crippen LogP contribution in [-0.2, 0) is 4.74 Å². The molecular weight excluding hydrogens is 214 g/mol. The Morgan fingerprint density at radius 3 is 2.73 bits per heavy atom. The molecule has 1 aliphatic heterocycles. The van der Waals surface area contributed by atoms with E-state index in [0.717, 1.165) is 17.9 Å². The summed E-state index contributed by atoms with van der Waals surface area (Å²) in [5, 5.41) is 2.16. The number of rotatable bonds is 3. The predicted octanol–water partition coefficient (Wildman–Crippen LogP) is 0.895. The minimum Gasteiger partial charge on any atom is -0.497 e.